The van der Waals surface area contributed by atoms with Gasteiger partial charge in [-0.1, -0.05) is 12.1 Å². The van der Waals surface area contributed by atoms with Crippen molar-refractivity contribution in [2.45, 2.75) is 26.4 Å². The van der Waals surface area contributed by atoms with E-state index in [2.05, 4.69) is 52.5 Å². The molecule has 2 saturated heterocycles. The average molecular weight is 281 g/mol. The zero-order chi connectivity index (χ0) is 14.4. The maximum atomic E-state index is 4.59. The third-order valence-corrected chi connectivity index (χ3v) is 5.34. The summed E-state index contributed by atoms with van der Waals surface area (Å²) in [6.07, 6.45) is 0. The number of rotatable bonds is 2. The van der Waals surface area contributed by atoms with Gasteiger partial charge in [-0.3, -0.25) is 9.88 Å². The molecule has 0 aliphatic carbocycles. The maximum absolute atomic E-state index is 4.59. The molecule has 1 N–H and O–H groups in total. The molecule has 110 valence electrons. The van der Waals surface area contributed by atoms with Gasteiger partial charge >= 0.3 is 0 Å². The zero-order valence-electron chi connectivity index (χ0n) is 12.8. The van der Waals surface area contributed by atoms with Gasteiger partial charge in [0.1, 0.15) is 0 Å². The van der Waals surface area contributed by atoms with Crippen LogP contribution >= 0.6 is 0 Å². The highest BCUT2D eigenvalue weighted by Gasteiger charge is 2.41. The van der Waals surface area contributed by atoms with Crippen molar-refractivity contribution in [2.24, 2.45) is 11.8 Å². The second-order valence-electron chi connectivity index (χ2n) is 6.73. The largest absolute Gasteiger partial charge is 0.316 e. The van der Waals surface area contributed by atoms with Gasteiger partial charge in [-0.05, 0) is 62.5 Å². The molecule has 1 aromatic carbocycles. The van der Waals surface area contributed by atoms with Gasteiger partial charge in [0.15, 0.2) is 0 Å². The van der Waals surface area contributed by atoms with E-state index in [1.807, 2.05) is 6.92 Å². The topological polar surface area (TPSA) is 28.2 Å². The van der Waals surface area contributed by atoms with Crippen molar-refractivity contribution in [2.75, 3.05) is 19.6 Å². The van der Waals surface area contributed by atoms with Crippen LogP contribution < -0.4 is 5.32 Å². The lowest BCUT2D eigenvalue weighted by molar-refractivity contribution is 0.231. The van der Waals surface area contributed by atoms with E-state index >= 15 is 0 Å². The number of aryl methyl sites for hydroxylation is 1. The standard InChI is InChI=1S/C18H23N3/c1-12-3-5-15-7-14(4-6-18(15)20-12)10-21-11-16-8-19-9-17(16)13(21)2/h3-7,13,16-17,19H,8-11H2,1-2H3. The number of aromatic nitrogens is 1. The van der Waals surface area contributed by atoms with Crippen LogP contribution in [-0.2, 0) is 6.54 Å². The number of nitrogens with one attached hydrogen (secondary N) is 1. The molecule has 2 fully saturated rings. The Bertz CT molecular complexity index is 667. The summed E-state index contributed by atoms with van der Waals surface area (Å²) in [7, 11) is 0. The monoisotopic (exact) mass is 281 g/mol. The summed E-state index contributed by atoms with van der Waals surface area (Å²) in [5, 5.41) is 4.79. The molecule has 3 heterocycles. The van der Waals surface area contributed by atoms with Crippen molar-refractivity contribution in [3.63, 3.8) is 0 Å². The summed E-state index contributed by atoms with van der Waals surface area (Å²) in [6.45, 7) is 9.15. The van der Waals surface area contributed by atoms with Crippen LogP contribution in [0.25, 0.3) is 10.9 Å². The highest BCUT2D eigenvalue weighted by atomic mass is 15.2. The minimum atomic E-state index is 0.692. The van der Waals surface area contributed by atoms with Crippen molar-refractivity contribution < 1.29 is 0 Å². The minimum Gasteiger partial charge on any atom is -0.316 e. The Morgan fingerprint density at radius 2 is 2.14 bits per heavy atom. The summed E-state index contributed by atoms with van der Waals surface area (Å²) in [6, 6.07) is 11.7. The van der Waals surface area contributed by atoms with E-state index in [1.54, 1.807) is 0 Å². The molecule has 2 aliphatic rings. The van der Waals surface area contributed by atoms with Crippen LogP contribution in [0, 0.1) is 18.8 Å². The molecular formula is C18H23N3. The second-order valence-corrected chi connectivity index (χ2v) is 6.73. The lowest BCUT2D eigenvalue weighted by Crippen LogP contribution is -2.32. The van der Waals surface area contributed by atoms with Crippen LogP contribution in [0.1, 0.15) is 18.2 Å². The predicted molar refractivity (Wildman–Crippen MR) is 86.2 cm³/mol. The molecule has 3 heteroatoms. The number of benzene rings is 1. The first kappa shape index (κ1) is 13.2. The highest BCUT2D eigenvalue weighted by Crippen LogP contribution is 2.33. The molecule has 0 radical (unpaired) electrons. The normalized spacial score (nSPS) is 29.1. The first-order valence-electron chi connectivity index (χ1n) is 8.02. The molecule has 1 aromatic heterocycles. The van der Waals surface area contributed by atoms with Gasteiger partial charge in [0.2, 0.25) is 0 Å². The van der Waals surface area contributed by atoms with E-state index in [0.29, 0.717) is 6.04 Å². The number of fused-ring (bicyclic) bond motifs is 2. The summed E-state index contributed by atoms with van der Waals surface area (Å²) in [5.74, 6) is 1.69. The Labute approximate surface area is 126 Å². The lowest BCUT2D eigenvalue weighted by atomic mass is 9.95. The van der Waals surface area contributed by atoms with E-state index in [1.165, 1.54) is 30.6 Å². The van der Waals surface area contributed by atoms with Gasteiger partial charge in [-0.25, -0.2) is 0 Å². The van der Waals surface area contributed by atoms with Gasteiger partial charge in [0.05, 0.1) is 5.52 Å². The summed E-state index contributed by atoms with van der Waals surface area (Å²) >= 11 is 0. The summed E-state index contributed by atoms with van der Waals surface area (Å²) < 4.78 is 0. The molecule has 0 amide bonds. The molecule has 2 aromatic rings. The Hall–Kier alpha value is -1.45. The molecule has 4 rings (SSSR count). The third kappa shape index (κ3) is 2.34. The molecular weight excluding hydrogens is 258 g/mol. The van der Waals surface area contributed by atoms with Gasteiger partial charge in [0.25, 0.3) is 0 Å². The fraction of sp³-hybridized carbons (Fsp3) is 0.500. The van der Waals surface area contributed by atoms with Gasteiger partial charge < -0.3 is 5.32 Å². The van der Waals surface area contributed by atoms with Gasteiger partial charge in [0, 0.05) is 30.2 Å². The molecule has 0 saturated carbocycles. The van der Waals surface area contributed by atoms with E-state index < -0.39 is 0 Å². The van der Waals surface area contributed by atoms with Crippen LogP contribution in [0.2, 0.25) is 0 Å². The fourth-order valence-electron chi connectivity index (χ4n) is 4.07. The highest BCUT2D eigenvalue weighted by molar-refractivity contribution is 5.79. The third-order valence-electron chi connectivity index (χ3n) is 5.34. The van der Waals surface area contributed by atoms with E-state index in [0.717, 1.165) is 29.6 Å². The van der Waals surface area contributed by atoms with Crippen molar-refractivity contribution in [1.82, 2.24) is 15.2 Å². The lowest BCUT2D eigenvalue weighted by Gasteiger charge is -2.24. The average Bonchev–Trinajstić information content (AvgIpc) is 3.04. The Morgan fingerprint density at radius 3 is 3.00 bits per heavy atom. The smallest absolute Gasteiger partial charge is 0.0705 e. The van der Waals surface area contributed by atoms with Crippen molar-refractivity contribution in [1.29, 1.82) is 0 Å². The molecule has 0 bridgehead atoms. The van der Waals surface area contributed by atoms with Gasteiger partial charge in [-0.2, -0.15) is 0 Å². The van der Waals surface area contributed by atoms with E-state index in [9.17, 15) is 0 Å². The molecule has 0 spiro atoms. The fourth-order valence-corrected chi connectivity index (χ4v) is 4.07. The molecule has 21 heavy (non-hydrogen) atoms. The van der Waals surface area contributed by atoms with Crippen molar-refractivity contribution in [3.8, 4) is 0 Å². The molecule has 2 aliphatic heterocycles. The Kier molecular flexibility index (Phi) is 3.20. The van der Waals surface area contributed by atoms with Crippen LogP contribution in [0.4, 0.5) is 0 Å². The molecule has 3 atom stereocenters. The second kappa shape index (κ2) is 5.08. The van der Waals surface area contributed by atoms with Gasteiger partial charge in [-0.15, -0.1) is 0 Å². The molecule has 3 unspecified atom stereocenters. The van der Waals surface area contributed by atoms with Crippen molar-refractivity contribution >= 4 is 10.9 Å². The van der Waals surface area contributed by atoms with Crippen molar-refractivity contribution in [3.05, 3.63) is 41.6 Å². The summed E-state index contributed by atoms with van der Waals surface area (Å²) in [4.78, 5) is 7.24. The van der Waals surface area contributed by atoms with Crippen LogP contribution in [0.15, 0.2) is 30.3 Å². The number of nitrogens with zero attached hydrogens (tertiary/aromatic N) is 2. The predicted octanol–water partition coefficient (Wildman–Crippen LogP) is 2.58. The zero-order valence-corrected chi connectivity index (χ0v) is 12.8. The number of hydrogen-bond acceptors (Lipinski definition) is 3. The van der Waals surface area contributed by atoms with E-state index in [-0.39, 0.29) is 0 Å². The number of pyridine rings is 1. The van der Waals surface area contributed by atoms with Crippen LogP contribution in [0.3, 0.4) is 0 Å². The first-order chi connectivity index (χ1) is 10.2. The Morgan fingerprint density at radius 1 is 1.24 bits per heavy atom. The number of hydrogen-bond donors (Lipinski definition) is 1. The Balaban J connectivity index is 1.56. The first-order valence-corrected chi connectivity index (χ1v) is 8.02. The van der Waals surface area contributed by atoms with Crippen LogP contribution in [0.5, 0.6) is 0 Å². The SMILES string of the molecule is Cc1ccc2cc(CN3CC4CNCC4C3C)ccc2n1. The van der Waals surface area contributed by atoms with Crippen LogP contribution in [-0.4, -0.2) is 35.6 Å². The quantitative estimate of drug-likeness (QED) is 0.917. The van der Waals surface area contributed by atoms with E-state index in [4.69, 9.17) is 0 Å². The minimum absolute atomic E-state index is 0.692. The molecule has 3 nitrogen and oxygen atoms in total. The number of likely N-dealkylation sites (tertiary alicyclic amines) is 1. The summed E-state index contributed by atoms with van der Waals surface area (Å²) in [5.41, 5.74) is 3.60. The maximum Gasteiger partial charge on any atom is 0.0705 e.